The summed E-state index contributed by atoms with van der Waals surface area (Å²) in [6.07, 6.45) is -33.9. The first-order valence-electron chi connectivity index (χ1n) is 9.31. The van der Waals surface area contributed by atoms with Gasteiger partial charge in [0.2, 0.25) is 0 Å². The van der Waals surface area contributed by atoms with Gasteiger partial charge >= 0.3 is 33.0 Å². The smallest absolute Gasteiger partial charge is 0.302 e. The number of alkyl halides is 12. The molecule has 2 unspecified atom stereocenters. The molecule has 2 atom stereocenters. The minimum absolute atomic E-state index is 0.602. The Kier molecular flexibility index (Phi) is 12.0. The van der Waals surface area contributed by atoms with E-state index in [0.717, 1.165) is 12.1 Å². The second-order valence-corrected chi connectivity index (χ2v) is 8.20. The van der Waals surface area contributed by atoms with Gasteiger partial charge in [-0.15, -0.1) is 0 Å². The van der Waals surface area contributed by atoms with Crippen LogP contribution in [0, 0.1) is 22.7 Å². The summed E-state index contributed by atoms with van der Waals surface area (Å²) in [6, 6.07) is 2.03. The molecule has 0 amide bonds. The van der Waals surface area contributed by atoms with Gasteiger partial charge in [0.15, 0.2) is 0 Å². The highest BCUT2D eigenvalue weighted by Crippen LogP contribution is 2.41. The van der Waals surface area contributed by atoms with Crippen LogP contribution < -0.4 is 0 Å². The van der Waals surface area contributed by atoms with Gasteiger partial charge < -0.3 is 9.05 Å². The molecule has 0 spiro atoms. The minimum atomic E-state index is -5.19. The maximum Gasteiger partial charge on any atom is 0.393 e. The number of halogens is 12. The van der Waals surface area contributed by atoms with Crippen molar-refractivity contribution in [2.24, 2.45) is 0 Å². The maximum absolute atomic E-state index is 12.9. The lowest BCUT2D eigenvalue weighted by Gasteiger charge is -2.25. The standard InChI is InChI=1S/C18H17F12N2O3P/c1-9(11(7-31)3-15(19,20)21)13(5-17(25,26)27)34-36(33)35-14(6-18(28,29)30)10(2)12(8-32)4-16(22,23)24/h13-14,36H,3-6H2,1-2H3. The molecule has 36 heavy (non-hydrogen) atoms. The molecule has 0 rings (SSSR count). The summed E-state index contributed by atoms with van der Waals surface area (Å²) in [5, 5.41) is 17.7. The Hall–Kier alpha value is -2.23. The van der Waals surface area contributed by atoms with Crippen LogP contribution in [0.5, 0.6) is 0 Å². The van der Waals surface area contributed by atoms with Crippen molar-refractivity contribution in [2.75, 3.05) is 0 Å². The molecule has 0 aliphatic heterocycles. The average molecular weight is 568 g/mol. The van der Waals surface area contributed by atoms with Gasteiger partial charge in [0.05, 0.1) is 50.0 Å². The molecule has 0 radical (unpaired) electrons. The fourth-order valence-electron chi connectivity index (χ4n) is 2.57. The molecule has 0 saturated carbocycles. The zero-order valence-electron chi connectivity index (χ0n) is 18.1. The van der Waals surface area contributed by atoms with Crippen LogP contribution in [0.4, 0.5) is 52.7 Å². The summed E-state index contributed by atoms with van der Waals surface area (Å²) < 4.78 is 174. The van der Waals surface area contributed by atoms with Crippen molar-refractivity contribution < 1.29 is 66.3 Å². The molecule has 0 bridgehead atoms. The number of rotatable bonds is 10. The lowest BCUT2D eigenvalue weighted by molar-refractivity contribution is -0.150. The van der Waals surface area contributed by atoms with Gasteiger partial charge in [-0.25, -0.2) is 0 Å². The summed E-state index contributed by atoms with van der Waals surface area (Å²) in [4.78, 5) is 0. The number of nitriles is 2. The predicted octanol–water partition coefficient (Wildman–Crippen LogP) is 7.64. The van der Waals surface area contributed by atoms with Gasteiger partial charge in [-0.1, -0.05) is 0 Å². The normalized spacial score (nSPS) is 17.3. The third kappa shape index (κ3) is 14.4. The van der Waals surface area contributed by atoms with Crippen LogP contribution in [0.2, 0.25) is 0 Å². The lowest BCUT2D eigenvalue weighted by atomic mass is 10.0. The van der Waals surface area contributed by atoms with Crippen molar-refractivity contribution in [3.05, 3.63) is 22.3 Å². The maximum atomic E-state index is 12.9. The largest absolute Gasteiger partial charge is 0.393 e. The van der Waals surface area contributed by atoms with E-state index in [0.29, 0.717) is 13.8 Å². The summed E-state index contributed by atoms with van der Waals surface area (Å²) in [6.45, 7) is 1.20. The first-order chi connectivity index (χ1) is 16.0. The van der Waals surface area contributed by atoms with Crippen molar-refractivity contribution in [3.8, 4) is 12.1 Å². The van der Waals surface area contributed by atoms with E-state index < -0.39 is 93.1 Å². The molecular formula is C18H17F12N2O3P. The SMILES string of the molecule is CC(=C(C#N)CC(F)(F)F)C(CC(F)(F)F)O[PH](=O)OC(CC(F)(F)F)C(C)=C(C#N)CC(F)(F)F. The van der Waals surface area contributed by atoms with E-state index >= 15 is 0 Å². The Balaban J connectivity index is 6.24. The Morgan fingerprint density at radius 3 is 1.14 bits per heavy atom. The van der Waals surface area contributed by atoms with E-state index in [2.05, 4.69) is 9.05 Å². The summed E-state index contributed by atoms with van der Waals surface area (Å²) in [5.41, 5.74) is -4.51. The minimum Gasteiger partial charge on any atom is -0.302 e. The number of nitrogens with zero attached hydrogens (tertiary/aromatic N) is 2. The predicted molar refractivity (Wildman–Crippen MR) is 98.1 cm³/mol. The van der Waals surface area contributed by atoms with Crippen molar-refractivity contribution in [1.29, 1.82) is 10.5 Å². The topological polar surface area (TPSA) is 83.1 Å². The zero-order valence-corrected chi connectivity index (χ0v) is 19.1. The second-order valence-electron chi connectivity index (χ2n) is 7.23. The van der Waals surface area contributed by atoms with Crippen molar-refractivity contribution >= 4 is 8.25 Å². The van der Waals surface area contributed by atoms with E-state index in [1.54, 1.807) is 0 Å². The number of hydrogen-bond acceptors (Lipinski definition) is 5. The monoisotopic (exact) mass is 568 g/mol. The van der Waals surface area contributed by atoms with E-state index in [1.165, 1.54) is 0 Å². The molecule has 0 aliphatic rings. The summed E-state index contributed by atoms with van der Waals surface area (Å²) >= 11 is 0. The van der Waals surface area contributed by atoms with Crippen molar-refractivity contribution in [2.45, 2.75) is 76.4 Å². The molecule has 0 aromatic carbocycles. The van der Waals surface area contributed by atoms with Crippen LogP contribution in [0.3, 0.4) is 0 Å². The second kappa shape index (κ2) is 12.8. The average Bonchev–Trinajstić information content (AvgIpc) is 2.64. The molecule has 18 heteroatoms. The van der Waals surface area contributed by atoms with Gasteiger partial charge in [0, 0.05) is 11.1 Å². The van der Waals surface area contributed by atoms with Crippen LogP contribution in [0.15, 0.2) is 22.3 Å². The molecule has 5 nitrogen and oxygen atoms in total. The fraction of sp³-hybridized carbons (Fsp3) is 0.667. The molecule has 0 aliphatic carbocycles. The van der Waals surface area contributed by atoms with Gasteiger partial charge in [-0.2, -0.15) is 63.2 Å². The molecule has 0 aromatic rings. The fourth-order valence-corrected chi connectivity index (χ4v) is 3.61. The Bertz CT molecular complexity index is 860. The highest BCUT2D eigenvalue weighted by Gasteiger charge is 2.40. The number of allylic oxidation sites excluding steroid dienone is 2. The van der Waals surface area contributed by atoms with Gasteiger partial charge in [-0.05, 0) is 25.0 Å². The van der Waals surface area contributed by atoms with Crippen molar-refractivity contribution in [1.82, 2.24) is 0 Å². The Labute approximate surface area is 196 Å². The van der Waals surface area contributed by atoms with Gasteiger partial charge in [0.25, 0.3) is 0 Å². The Morgan fingerprint density at radius 1 is 0.667 bits per heavy atom. The first kappa shape index (κ1) is 33.8. The quantitative estimate of drug-likeness (QED) is 0.154. The molecule has 0 N–H and O–H groups in total. The van der Waals surface area contributed by atoms with E-state index in [4.69, 9.17) is 10.5 Å². The first-order valence-corrected chi connectivity index (χ1v) is 10.5. The Morgan fingerprint density at radius 2 is 0.944 bits per heavy atom. The molecular weight excluding hydrogens is 551 g/mol. The van der Waals surface area contributed by atoms with E-state index in [1.807, 2.05) is 0 Å². The van der Waals surface area contributed by atoms with Crippen LogP contribution in [0.25, 0.3) is 0 Å². The highest BCUT2D eigenvalue weighted by atomic mass is 31.1. The number of hydrogen-bond donors (Lipinski definition) is 0. The molecule has 206 valence electrons. The van der Waals surface area contributed by atoms with Gasteiger partial charge in [0.1, 0.15) is 0 Å². The van der Waals surface area contributed by atoms with Gasteiger partial charge in [-0.3, -0.25) is 4.57 Å². The van der Waals surface area contributed by atoms with Crippen LogP contribution in [-0.2, 0) is 13.6 Å². The van der Waals surface area contributed by atoms with Crippen LogP contribution in [-0.4, -0.2) is 36.9 Å². The highest BCUT2D eigenvalue weighted by molar-refractivity contribution is 7.33. The van der Waals surface area contributed by atoms with Crippen LogP contribution in [0.1, 0.15) is 39.5 Å². The summed E-state index contributed by atoms with van der Waals surface area (Å²) in [7, 11) is -4.49. The molecule has 0 fully saturated rings. The third-order valence-electron chi connectivity index (χ3n) is 4.25. The van der Waals surface area contributed by atoms with Crippen molar-refractivity contribution in [3.63, 3.8) is 0 Å². The lowest BCUT2D eigenvalue weighted by Crippen LogP contribution is -2.26. The zero-order chi connectivity index (χ0) is 28.7. The molecule has 0 heterocycles. The molecule has 0 saturated heterocycles. The third-order valence-corrected chi connectivity index (χ3v) is 5.21. The van der Waals surface area contributed by atoms with E-state index in [-0.39, 0.29) is 0 Å². The molecule has 0 aromatic heterocycles. The van der Waals surface area contributed by atoms with E-state index in [9.17, 15) is 57.3 Å². The summed E-state index contributed by atoms with van der Waals surface area (Å²) in [5.74, 6) is 0. The van der Waals surface area contributed by atoms with Crippen LogP contribution >= 0.6 is 8.25 Å².